The van der Waals surface area contributed by atoms with Crippen LogP contribution >= 0.6 is 11.8 Å². The number of fused-ring (bicyclic) bond motifs is 1. The maximum atomic E-state index is 15.5. The summed E-state index contributed by atoms with van der Waals surface area (Å²) in [6.45, 7) is 3.51. The smallest absolute Gasteiger partial charge is 0.260 e. The van der Waals surface area contributed by atoms with Crippen molar-refractivity contribution in [3.63, 3.8) is 0 Å². The molecule has 1 aliphatic rings. The first kappa shape index (κ1) is 25.9. The fraction of sp³-hybridized carbons (Fsp3) is 0.200. The minimum atomic E-state index is -0.860. The number of thioether (sulfide) groups is 1. The van der Waals surface area contributed by atoms with Gasteiger partial charge in [-0.2, -0.15) is 0 Å². The quantitative estimate of drug-likeness (QED) is 0.259. The zero-order chi connectivity index (χ0) is 27.1. The van der Waals surface area contributed by atoms with Crippen molar-refractivity contribution in [1.82, 2.24) is 4.57 Å². The van der Waals surface area contributed by atoms with Crippen molar-refractivity contribution in [1.29, 1.82) is 0 Å². The number of aryl methyl sites for hydroxylation is 1. The number of Topliss-reactive ketones (excluding diaryl/α,β-unsaturated/α-hetero) is 1. The number of hydrogen-bond acceptors (Lipinski definition) is 4. The van der Waals surface area contributed by atoms with Crippen LogP contribution in [0.4, 0.5) is 13.2 Å². The minimum Gasteiger partial charge on any atom is -0.494 e. The summed E-state index contributed by atoms with van der Waals surface area (Å²) < 4.78 is 51.4. The molecule has 38 heavy (non-hydrogen) atoms. The van der Waals surface area contributed by atoms with E-state index in [1.54, 1.807) is 31.2 Å². The lowest BCUT2D eigenvalue weighted by Crippen LogP contribution is -2.31. The molecule has 3 aromatic carbocycles. The molecule has 4 nitrogen and oxygen atoms in total. The summed E-state index contributed by atoms with van der Waals surface area (Å²) in [6, 6.07) is 14.3. The number of aromatic nitrogens is 1. The molecule has 0 bridgehead atoms. The molecule has 5 rings (SSSR count). The highest BCUT2D eigenvalue weighted by molar-refractivity contribution is 7.99. The van der Waals surface area contributed by atoms with Gasteiger partial charge in [-0.25, -0.2) is 13.2 Å². The largest absolute Gasteiger partial charge is 0.494 e. The first-order valence-electron chi connectivity index (χ1n) is 12.0. The summed E-state index contributed by atoms with van der Waals surface area (Å²) in [5, 5.41) is 0.452. The highest BCUT2D eigenvalue weighted by Gasteiger charge is 2.36. The van der Waals surface area contributed by atoms with E-state index in [2.05, 4.69) is 0 Å². The Kier molecular flexibility index (Phi) is 6.92. The van der Waals surface area contributed by atoms with Crippen molar-refractivity contribution >= 4 is 17.5 Å². The van der Waals surface area contributed by atoms with Crippen LogP contribution in [0.5, 0.6) is 5.75 Å². The normalized spacial score (nSPS) is 14.4. The molecule has 1 unspecified atom stereocenters. The van der Waals surface area contributed by atoms with E-state index in [4.69, 9.17) is 4.74 Å². The van der Waals surface area contributed by atoms with E-state index in [0.29, 0.717) is 21.7 Å². The highest BCUT2D eigenvalue weighted by atomic mass is 32.2. The summed E-state index contributed by atoms with van der Waals surface area (Å²) >= 11 is 1.28. The molecule has 0 aliphatic carbocycles. The second-order valence-electron chi connectivity index (χ2n) is 9.22. The molecule has 1 aliphatic heterocycles. The summed E-state index contributed by atoms with van der Waals surface area (Å²) in [6.07, 6.45) is -0.170. The van der Waals surface area contributed by atoms with Crippen LogP contribution in [0.25, 0.3) is 11.1 Å². The summed E-state index contributed by atoms with van der Waals surface area (Å²) in [5.41, 5.74) is 1.53. The fourth-order valence-corrected chi connectivity index (χ4v) is 6.32. The fourth-order valence-electron chi connectivity index (χ4n) is 4.95. The summed E-state index contributed by atoms with van der Waals surface area (Å²) in [4.78, 5) is 27.6. The maximum Gasteiger partial charge on any atom is 0.260 e. The van der Waals surface area contributed by atoms with Crippen LogP contribution in [0.2, 0.25) is 0 Å². The highest BCUT2D eigenvalue weighted by Crippen LogP contribution is 2.41. The van der Waals surface area contributed by atoms with Crippen LogP contribution in [0.3, 0.4) is 0 Å². The Bertz CT molecular complexity index is 1630. The first-order chi connectivity index (χ1) is 18.2. The van der Waals surface area contributed by atoms with Crippen LogP contribution in [0.1, 0.15) is 38.7 Å². The third-order valence-corrected chi connectivity index (χ3v) is 8.10. The number of carbonyl (C=O) groups is 1. The van der Waals surface area contributed by atoms with E-state index >= 15 is 4.39 Å². The zero-order valence-corrected chi connectivity index (χ0v) is 21.8. The Hall–Kier alpha value is -3.78. The van der Waals surface area contributed by atoms with E-state index in [1.807, 2.05) is 13.0 Å². The first-order valence-corrected chi connectivity index (χ1v) is 13.0. The van der Waals surface area contributed by atoms with Gasteiger partial charge >= 0.3 is 0 Å². The molecule has 2 heterocycles. The number of methoxy groups -OCH3 is 1. The maximum absolute atomic E-state index is 15.5. The lowest BCUT2D eigenvalue weighted by Gasteiger charge is -2.21. The van der Waals surface area contributed by atoms with Crippen LogP contribution in [-0.4, -0.2) is 23.2 Å². The molecule has 4 aromatic rings. The average molecular weight is 536 g/mol. The van der Waals surface area contributed by atoms with Crippen molar-refractivity contribution < 1.29 is 22.7 Å². The third-order valence-electron chi connectivity index (χ3n) is 6.90. The number of ketones is 1. The van der Waals surface area contributed by atoms with Crippen molar-refractivity contribution in [2.45, 2.75) is 31.3 Å². The number of halogens is 3. The number of hydrogen-bond donors (Lipinski definition) is 0. The minimum absolute atomic E-state index is 0.00365. The number of carbonyl (C=O) groups excluding carboxylic acids is 1. The molecular weight excluding hydrogens is 511 g/mol. The number of pyridine rings is 1. The Balaban J connectivity index is 1.78. The van der Waals surface area contributed by atoms with Crippen LogP contribution in [0, 0.1) is 31.3 Å². The molecule has 1 atom stereocenters. The Labute approximate surface area is 222 Å². The van der Waals surface area contributed by atoms with Gasteiger partial charge in [0, 0.05) is 28.9 Å². The average Bonchev–Trinajstić information content (AvgIpc) is 3.34. The Morgan fingerprint density at radius 2 is 1.68 bits per heavy atom. The third kappa shape index (κ3) is 4.32. The topological polar surface area (TPSA) is 48.3 Å². The molecule has 0 fully saturated rings. The standard InChI is InChI=1S/C30H24F3NO3S/c1-16-7-4-8-18(13-16)28(35)24-15-38-30-20(14-21-22(31)10-6-11-23(21)32)17(2)26(29(36)34(24)30)19-9-5-12-25(37-3)27(19)33/h4-13,24H,14-15H2,1-3H3. The van der Waals surface area contributed by atoms with E-state index in [-0.39, 0.29) is 40.4 Å². The van der Waals surface area contributed by atoms with Gasteiger partial charge in [-0.05, 0) is 49.2 Å². The molecule has 194 valence electrons. The molecule has 0 saturated carbocycles. The molecule has 0 amide bonds. The van der Waals surface area contributed by atoms with Gasteiger partial charge in [0.25, 0.3) is 5.56 Å². The summed E-state index contributed by atoms with van der Waals surface area (Å²) in [7, 11) is 1.32. The van der Waals surface area contributed by atoms with Gasteiger partial charge in [0.05, 0.1) is 17.7 Å². The molecule has 8 heteroatoms. The zero-order valence-electron chi connectivity index (χ0n) is 21.0. The molecule has 0 N–H and O–H groups in total. The van der Waals surface area contributed by atoms with Crippen molar-refractivity contribution in [3.05, 3.63) is 116 Å². The molecule has 0 saturated heterocycles. The van der Waals surface area contributed by atoms with Gasteiger partial charge in [0.1, 0.15) is 17.7 Å². The second-order valence-corrected chi connectivity index (χ2v) is 10.2. The van der Waals surface area contributed by atoms with Gasteiger partial charge < -0.3 is 4.74 Å². The number of rotatable bonds is 6. The second kappa shape index (κ2) is 10.2. The number of benzene rings is 3. The Morgan fingerprint density at radius 1 is 1.00 bits per heavy atom. The number of nitrogens with zero attached hydrogens (tertiary/aromatic N) is 1. The number of ether oxygens (including phenoxy) is 1. The van der Waals surface area contributed by atoms with Crippen LogP contribution < -0.4 is 10.3 Å². The van der Waals surface area contributed by atoms with Gasteiger partial charge in [-0.1, -0.05) is 42.0 Å². The van der Waals surface area contributed by atoms with E-state index in [9.17, 15) is 18.4 Å². The lowest BCUT2D eigenvalue weighted by atomic mass is 9.93. The van der Waals surface area contributed by atoms with Gasteiger partial charge in [0.2, 0.25) is 0 Å². The van der Waals surface area contributed by atoms with Crippen molar-refractivity contribution in [3.8, 4) is 16.9 Å². The van der Waals surface area contributed by atoms with Gasteiger partial charge in [-0.3, -0.25) is 14.2 Å². The lowest BCUT2D eigenvalue weighted by molar-refractivity contribution is 0.0934. The molecule has 0 spiro atoms. The van der Waals surface area contributed by atoms with Gasteiger partial charge in [-0.15, -0.1) is 11.8 Å². The molecule has 1 aromatic heterocycles. The van der Waals surface area contributed by atoms with Crippen molar-refractivity contribution in [2.75, 3.05) is 12.9 Å². The predicted molar refractivity (Wildman–Crippen MR) is 142 cm³/mol. The Morgan fingerprint density at radius 3 is 2.37 bits per heavy atom. The van der Waals surface area contributed by atoms with Crippen LogP contribution in [-0.2, 0) is 6.42 Å². The van der Waals surface area contributed by atoms with Crippen LogP contribution in [0.15, 0.2) is 70.5 Å². The molecular formula is C30H24F3NO3S. The summed E-state index contributed by atoms with van der Waals surface area (Å²) in [5.74, 6) is -2.22. The van der Waals surface area contributed by atoms with Gasteiger partial charge in [0.15, 0.2) is 17.3 Å². The monoisotopic (exact) mass is 535 g/mol. The molecule has 0 radical (unpaired) electrons. The van der Waals surface area contributed by atoms with E-state index in [0.717, 1.165) is 5.56 Å². The van der Waals surface area contributed by atoms with Crippen molar-refractivity contribution in [2.24, 2.45) is 0 Å². The SMILES string of the molecule is COc1cccc(-c2c(C)c(Cc3c(F)cccc3F)c3n(c2=O)C(C(=O)c2cccc(C)c2)CS3)c1F. The van der Waals surface area contributed by atoms with E-state index < -0.39 is 29.1 Å². The predicted octanol–water partition coefficient (Wildman–Crippen LogP) is 6.68. The van der Waals surface area contributed by atoms with E-state index in [1.165, 1.54) is 53.8 Å².